The zero-order valence-electron chi connectivity index (χ0n) is 11.6. The summed E-state index contributed by atoms with van der Waals surface area (Å²) in [5.74, 6) is -0.414. The fraction of sp³-hybridized carbons (Fsp3) is 0.0588. The van der Waals surface area contributed by atoms with Gasteiger partial charge in [-0.25, -0.2) is 4.39 Å². The molecule has 22 heavy (non-hydrogen) atoms. The second kappa shape index (κ2) is 6.22. The number of halogens is 1. The number of hydrogen-bond donors (Lipinski definition) is 1. The van der Waals surface area contributed by atoms with Crippen molar-refractivity contribution in [3.05, 3.63) is 77.7 Å². The lowest BCUT2D eigenvalue weighted by Gasteiger charge is -2.03. The van der Waals surface area contributed by atoms with E-state index in [1.807, 2.05) is 30.3 Å². The van der Waals surface area contributed by atoms with Crippen LogP contribution in [0.5, 0.6) is 0 Å². The molecule has 0 atom stereocenters. The van der Waals surface area contributed by atoms with Crippen molar-refractivity contribution < 1.29 is 13.7 Å². The molecule has 110 valence electrons. The number of amides is 1. The summed E-state index contributed by atoms with van der Waals surface area (Å²) in [6, 6.07) is 17.1. The summed E-state index contributed by atoms with van der Waals surface area (Å²) in [6.45, 7) is 0.170. The standard InChI is InChI=1S/C17H13FN2O2/c18-15-9-5-4-8-14(15)17(21)19-11-13-10-16(22-20-13)12-6-2-1-3-7-12/h1-10H,11H2,(H,19,21). The Bertz CT molecular complexity index is 784. The maximum absolute atomic E-state index is 13.5. The second-order valence-corrected chi connectivity index (χ2v) is 4.71. The minimum atomic E-state index is -0.551. The third-order valence-electron chi connectivity index (χ3n) is 3.17. The van der Waals surface area contributed by atoms with Crippen LogP contribution in [-0.2, 0) is 6.54 Å². The van der Waals surface area contributed by atoms with Crippen LogP contribution in [0.4, 0.5) is 4.39 Å². The number of carbonyl (C=O) groups is 1. The zero-order chi connectivity index (χ0) is 15.4. The van der Waals surface area contributed by atoms with E-state index in [1.165, 1.54) is 18.2 Å². The van der Waals surface area contributed by atoms with Crippen LogP contribution in [0, 0.1) is 5.82 Å². The molecule has 1 heterocycles. The first-order valence-corrected chi connectivity index (χ1v) is 6.78. The summed E-state index contributed by atoms with van der Waals surface area (Å²) in [6.07, 6.45) is 0. The van der Waals surface area contributed by atoms with E-state index in [2.05, 4.69) is 10.5 Å². The lowest BCUT2D eigenvalue weighted by Crippen LogP contribution is -2.23. The Morgan fingerprint density at radius 3 is 2.59 bits per heavy atom. The number of benzene rings is 2. The average molecular weight is 296 g/mol. The average Bonchev–Trinajstić information content (AvgIpc) is 3.03. The molecule has 0 saturated carbocycles. The molecule has 0 radical (unpaired) electrons. The van der Waals surface area contributed by atoms with Crippen molar-refractivity contribution in [3.8, 4) is 11.3 Å². The van der Waals surface area contributed by atoms with E-state index >= 15 is 0 Å². The van der Waals surface area contributed by atoms with Gasteiger partial charge in [-0.1, -0.05) is 47.6 Å². The van der Waals surface area contributed by atoms with Gasteiger partial charge in [0.2, 0.25) is 0 Å². The van der Waals surface area contributed by atoms with Gasteiger partial charge in [0.15, 0.2) is 5.76 Å². The quantitative estimate of drug-likeness (QED) is 0.802. The fourth-order valence-electron chi connectivity index (χ4n) is 2.05. The topological polar surface area (TPSA) is 55.1 Å². The Labute approximate surface area is 126 Å². The third-order valence-corrected chi connectivity index (χ3v) is 3.17. The van der Waals surface area contributed by atoms with Gasteiger partial charge in [0.1, 0.15) is 11.5 Å². The van der Waals surface area contributed by atoms with Gasteiger partial charge in [-0.2, -0.15) is 0 Å². The van der Waals surface area contributed by atoms with Crippen LogP contribution >= 0.6 is 0 Å². The molecule has 1 amide bonds. The van der Waals surface area contributed by atoms with Crippen molar-refractivity contribution >= 4 is 5.91 Å². The molecule has 0 unspecified atom stereocenters. The van der Waals surface area contributed by atoms with Gasteiger partial charge in [-0.3, -0.25) is 4.79 Å². The van der Waals surface area contributed by atoms with Crippen LogP contribution < -0.4 is 5.32 Å². The molecule has 0 bridgehead atoms. The van der Waals surface area contributed by atoms with Gasteiger partial charge >= 0.3 is 0 Å². The molecular weight excluding hydrogens is 283 g/mol. The number of carbonyl (C=O) groups excluding carboxylic acids is 1. The molecule has 0 saturated heterocycles. The predicted octanol–water partition coefficient (Wildman–Crippen LogP) is 3.41. The highest BCUT2D eigenvalue weighted by molar-refractivity contribution is 5.94. The maximum atomic E-state index is 13.5. The second-order valence-electron chi connectivity index (χ2n) is 4.71. The van der Waals surface area contributed by atoms with Crippen LogP contribution in [0.15, 0.2) is 65.2 Å². The molecule has 4 nitrogen and oxygen atoms in total. The van der Waals surface area contributed by atoms with Crippen LogP contribution in [0.1, 0.15) is 16.1 Å². The smallest absolute Gasteiger partial charge is 0.254 e. The molecule has 0 spiro atoms. The molecule has 0 aliphatic rings. The van der Waals surface area contributed by atoms with E-state index in [1.54, 1.807) is 12.1 Å². The van der Waals surface area contributed by atoms with E-state index in [-0.39, 0.29) is 12.1 Å². The monoisotopic (exact) mass is 296 g/mol. The summed E-state index contributed by atoms with van der Waals surface area (Å²) >= 11 is 0. The van der Waals surface area contributed by atoms with E-state index in [4.69, 9.17) is 4.52 Å². The molecule has 1 aromatic heterocycles. The summed E-state index contributed by atoms with van der Waals surface area (Å²) in [5, 5.41) is 6.52. The largest absolute Gasteiger partial charge is 0.356 e. The van der Waals surface area contributed by atoms with Gasteiger partial charge in [0, 0.05) is 11.6 Å². The Morgan fingerprint density at radius 1 is 1.09 bits per heavy atom. The number of hydrogen-bond acceptors (Lipinski definition) is 3. The first-order valence-electron chi connectivity index (χ1n) is 6.78. The number of aromatic nitrogens is 1. The van der Waals surface area contributed by atoms with Gasteiger partial charge in [-0.15, -0.1) is 0 Å². The molecule has 0 aliphatic carbocycles. The van der Waals surface area contributed by atoms with Gasteiger partial charge in [0.25, 0.3) is 5.91 Å². The zero-order valence-corrected chi connectivity index (χ0v) is 11.6. The van der Waals surface area contributed by atoms with Gasteiger partial charge < -0.3 is 9.84 Å². The van der Waals surface area contributed by atoms with Crippen molar-refractivity contribution in [1.29, 1.82) is 0 Å². The number of rotatable bonds is 4. The van der Waals surface area contributed by atoms with Gasteiger partial charge in [0.05, 0.1) is 12.1 Å². The highest BCUT2D eigenvalue weighted by Gasteiger charge is 2.12. The predicted molar refractivity (Wildman–Crippen MR) is 79.5 cm³/mol. The third kappa shape index (κ3) is 3.03. The maximum Gasteiger partial charge on any atom is 0.254 e. The highest BCUT2D eigenvalue weighted by atomic mass is 19.1. The molecule has 0 fully saturated rings. The molecular formula is C17H13FN2O2. The first-order chi connectivity index (χ1) is 10.7. The summed E-state index contributed by atoms with van der Waals surface area (Å²) < 4.78 is 18.7. The summed E-state index contributed by atoms with van der Waals surface area (Å²) in [7, 11) is 0. The Balaban J connectivity index is 1.67. The lowest BCUT2D eigenvalue weighted by atomic mass is 10.1. The van der Waals surface area contributed by atoms with Crippen molar-refractivity contribution in [3.63, 3.8) is 0 Å². The SMILES string of the molecule is O=C(NCc1cc(-c2ccccc2)on1)c1ccccc1F. The van der Waals surface area contributed by atoms with Crippen molar-refractivity contribution in [2.75, 3.05) is 0 Å². The summed E-state index contributed by atoms with van der Waals surface area (Å²) in [4.78, 5) is 11.9. The van der Waals surface area contributed by atoms with Gasteiger partial charge in [-0.05, 0) is 12.1 Å². The Hall–Kier alpha value is -2.95. The van der Waals surface area contributed by atoms with Crippen LogP contribution in [0.2, 0.25) is 0 Å². The van der Waals surface area contributed by atoms with Crippen molar-refractivity contribution in [1.82, 2.24) is 10.5 Å². The summed E-state index contributed by atoms with van der Waals surface area (Å²) in [5.41, 5.74) is 1.49. The molecule has 1 N–H and O–H groups in total. The lowest BCUT2D eigenvalue weighted by molar-refractivity contribution is 0.0946. The van der Waals surface area contributed by atoms with Crippen LogP contribution in [-0.4, -0.2) is 11.1 Å². The van der Waals surface area contributed by atoms with Crippen molar-refractivity contribution in [2.24, 2.45) is 0 Å². The van der Waals surface area contributed by atoms with E-state index < -0.39 is 11.7 Å². The number of nitrogens with one attached hydrogen (secondary N) is 1. The van der Waals surface area contributed by atoms with Crippen LogP contribution in [0.3, 0.4) is 0 Å². The first kappa shape index (κ1) is 14.0. The highest BCUT2D eigenvalue weighted by Crippen LogP contribution is 2.19. The molecule has 5 heteroatoms. The molecule has 0 aliphatic heterocycles. The van der Waals surface area contributed by atoms with E-state index in [0.29, 0.717) is 11.5 Å². The van der Waals surface area contributed by atoms with Crippen LogP contribution in [0.25, 0.3) is 11.3 Å². The molecule has 3 rings (SSSR count). The molecule has 3 aromatic rings. The Morgan fingerprint density at radius 2 is 1.82 bits per heavy atom. The Kier molecular flexibility index (Phi) is 3.96. The van der Waals surface area contributed by atoms with Crippen molar-refractivity contribution in [2.45, 2.75) is 6.54 Å². The number of nitrogens with zero attached hydrogens (tertiary/aromatic N) is 1. The minimum absolute atomic E-state index is 0.00859. The fourth-order valence-corrected chi connectivity index (χ4v) is 2.05. The molecule has 2 aromatic carbocycles. The van der Waals surface area contributed by atoms with E-state index in [9.17, 15) is 9.18 Å². The minimum Gasteiger partial charge on any atom is -0.356 e. The normalized spacial score (nSPS) is 10.4. The van der Waals surface area contributed by atoms with E-state index in [0.717, 1.165) is 5.56 Å².